The van der Waals surface area contributed by atoms with E-state index in [0.717, 1.165) is 0 Å². The first-order valence-corrected chi connectivity index (χ1v) is 4.18. The summed E-state index contributed by atoms with van der Waals surface area (Å²) in [5, 5.41) is 11.5. The van der Waals surface area contributed by atoms with Crippen molar-refractivity contribution < 1.29 is 9.90 Å². The highest BCUT2D eigenvalue weighted by Crippen LogP contribution is 1.96. The van der Waals surface area contributed by atoms with E-state index in [1.165, 1.54) is 6.20 Å². The first-order chi connectivity index (χ1) is 6.65. The van der Waals surface area contributed by atoms with Crippen molar-refractivity contribution in [3.8, 4) is 0 Å². The van der Waals surface area contributed by atoms with Gasteiger partial charge in [-0.05, 0) is 0 Å². The zero-order valence-electron chi connectivity index (χ0n) is 7.90. The van der Waals surface area contributed by atoms with Crippen LogP contribution >= 0.6 is 0 Å². The molecule has 0 saturated heterocycles. The Hall–Kier alpha value is -1.56. The van der Waals surface area contributed by atoms with Gasteiger partial charge < -0.3 is 21.1 Å². The van der Waals surface area contributed by atoms with Crippen LogP contribution in [0.1, 0.15) is 0 Å². The number of aliphatic hydroxyl groups excluding tert-OH is 1. The van der Waals surface area contributed by atoms with Crippen molar-refractivity contribution in [3.63, 3.8) is 0 Å². The molecule has 0 fully saturated rings. The molecule has 1 aliphatic heterocycles. The minimum absolute atomic E-state index is 0.0197. The summed E-state index contributed by atoms with van der Waals surface area (Å²) in [6, 6.07) is -0.649. The third kappa shape index (κ3) is 2.46. The number of nitrogens with zero attached hydrogens (tertiary/aromatic N) is 2. The molecular formula is C8H13N4O2. The summed E-state index contributed by atoms with van der Waals surface area (Å²) in [5.41, 5.74) is 5.10. The molecule has 0 spiro atoms. The molecule has 1 atom stereocenters. The van der Waals surface area contributed by atoms with E-state index < -0.39 is 11.9 Å². The Balaban J connectivity index is 2.60. The average Bonchev–Trinajstić information content (AvgIpc) is 2.18. The van der Waals surface area contributed by atoms with Gasteiger partial charge in [-0.3, -0.25) is 4.79 Å². The first kappa shape index (κ1) is 10.5. The van der Waals surface area contributed by atoms with Crippen LogP contribution in [0.25, 0.3) is 0 Å². The van der Waals surface area contributed by atoms with Gasteiger partial charge in [0.25, 0.3) is 0 Å². The van der Waals surface area contributed by atoms with Gasteiger partial charge in [-0.25, -0.2) is 4.99 Å². The number of carbonyl (C=O) groups excluding carboxylic acids is 1. The second kappa shape index (κ2) is 4.61. The standard InChI is InChI=1S/C8H13N4O2/c1-12(4-5-13)8-10-3-2-6(11-8)7(9)14/h3,6,13H,4-5H2,1H3,(H2,9,14)(H,10,11)/t6-/m0/s1. The first-order valence-electron chi connectivity index (χ1n) is 4.18. The molecule has 1 amide bonds. The Morgan fingerprint density at radius 1 is 1.93 bits per heavy atom. The Kier molecular flexibility index (Phi) is 3.47. The minimum Gasteiger partial charge on any atom is -0.395 e. The average molecular weight is 197 g/mol. The molecule has 1 aliphatic rings. The third-order valence-corrected chi connectivity index (χ3v) is 1.78. The van der Waals surface area contributed by atoms with Gasteiger partial charge in [-0.1, -0.05) is 0 Å². The van der Waals surface area contributed by atoms with Crippen LogP contribution in [-0.2, 0) is 4.79 Å². The van der Waals surface area contributed by atoms with Crippen molar-refractivity contribution in [1.29, 1.82) is 0 Å². The number of rotatable bonds is 3. The molecule has 77 valence electrons. The SMILES string of the molecule is CN(CCO)C1=NC=[C][C@@H](C(N)=O)N1. The lowest BCUT2D eigenvalue weighted by atomic mass is 10.2. The summed E-state index contributed by atoms with van der Waals surface area (Å²) in [6.07, 6.45) is 4.06. The monoisotopic (exact) mass is 197 g/mol. The van der Waals surface area contributed by atoms with E-state index >= 15 is 0 Å². The van der Waals surface area contributed by atoms with E-state index in [1.807, 2.05) is 0 Å². The Morgan fingerprint density at radius 2 is 2.64 bits per heavy atom. The van der Waals surface area contributed by atoms with Crippen molar-refractivity contribution >= 4 is 11.9 Å². The van der Waals surface area contributed by atoms with Crippen molar-refractivity contribution in [1.82, 2.24) is 10.2 Å². The highest BCUT2D eigenvalue weighted by atomic mass is 16.3. The largest absolute Gasteiger partial charge is 0.395 e. The summed E-state index contributed by atoms with van der Waals surface area (Å²) in [5.74, 6) is -0.00681. The molecule has 1 radical (unpaired) electrons. The van der Waals surface area contributed by atoms with Crippen LogP contribution < -0.4 is 11.1 Å². The van der Waals surface area contributed by atoms with Gasteiger partial charge in [-0.2, -0.15) is 0 Å². The normalized spacial score (nSPS) is 19.9. The van der Waals surface area contributed by atoms with Gasteiger partial charge in [0.1, 0.15) is 6.04 Å². The fraction of sp³-hybridized carbons (Fsp3) is 0.500. The van der Waals surface area contributed by atoms with Crippen LogP contribution in [0.15, 0.2) is 11.2 Å². The molecule has 14 heavy (non-hydrogen) atoms. The van der Waals surface area contributed by atoms with Gasteiger partial charge in [-0.15, -0.1) is 0 Å². The molecule has 1 heterocycles. The topological polar surface area (TPSA) is 90.9 Å². The fourth-order valence-corrected chi connectivity index (χ4v) is 0.999. The van der Waals surface area contributed by atoms with Crippen molar-refractivity contribution in [3.05, 3.63) is 12.3 Å². The number of hydrogen-bond acceptors (Lipinski definition) is 5. The van der Waals surface area contributed by atoms with Crippen LogP contribution in [0, 0.1) is 6.08 Å². The highest BCUT2D eigenvalue weighted by molar-refractivity contribution is 5.90. The van der Waals surface area contributed by atoms with Crippen molar-refractivity contribution in [2.24, 2.45) is 10.7 Å². The minimum atomic E-state index is -0.649. The molecule has 0 saturated carbocycles. The summed E-state index contributed by atoms with van der Waals surface area (Å²) in [4.78, 5) is 16.5. The molecular weight excluding hydrogens is 184 g/mol. The number of nitrogens with two attached hydrogens (primary N) is 1. The van der Waals surface area contributed by atoms with E-state index in [9.17, 15) is 4.79 Å². The van der Waals surface area contributed by atoms with E-state index in [4.69, 9.17) is 10.8 Å². The van der Waals surface area contributed by atoms with Crippen molar-refractivity contribution in [2.45, 2.75) is 6.04 Å². The number of likely N-dealkylation sites (N-methyl/N-ethyl adjacent to an activating group) is 1. The molecule has 0 bridgehead atoms. The number of aliphatic imine (C=N–C) groups is 1. The van der Waals surface area contributed by atoms with Gasteiger partial charge in [0.15, 0.2) is 5.96 Å². The van der Waals surface area contributed by atoms with Crippen LogP contribution in [-0.4, -0.2) is 48.1 Å². The lowest BCUT2D eigenvalue weighted by Crippen LogP contribution is -2.50. The Morgan fingerprint density at radius 3 is 3.21 bits per heavy atom. The van der Waals surface area contributed by atoms with Crippen LogP contribution in [0.2, 0.25) is 0 Å². The number of hydrogen-bond donors (Lipinski definition) is 3. The maximum atomic E-state index is 10.8. The number of carbonyl (C=O) groups is 1. The number of aliphatic hydroxyl groups is 1. The number of guanidine groups is 1. The number of primary amides is 1. The summed E-state index contributed by atoms with van der Waals surface area (Å²) < 4.78 is 0. The van der Waals surface area contributed by atoms with Gasteiger partial charge in [0.2, 0.25) is 5.91 Å². The third-order valence-electron chi connectivity index (χ3n) is 1.78. The summed E-state index contributed by atoms with van der Waals surface area (Å²) in [6.45, 7) is 0.455. The number of amides is 1. The zero-order valence-corrected chi connectivity index (χ0v) is 7.90. The molecule has 4 N–H and O–H groups in total. The summed E-state index contributed by atoms with van der Waals surface area (Å²) >= 11 is 0. The quantitative estimate of drug-likeness (QED) is 0.490. The van der Waals surface area contributed by atoms with E-state index in [1.54, 1.807) is 11.9 Å². The molecule has 6 heteroatoms. The molecule has 0 aliphatic carbocycles. The van der Waals surface area contributed by atoms with Crippen LogP contribution in [0.3, 0.4) is 0 Å². The zero-order chi connectivity index (χ0) is 10.6. The van der Waals surface area contributed by atoms with E-state index in [2.05, 4.69) is 16.4 Å². The van der Waals surface area contributed by atoms with Crippen LogP contribution in [0.5, 0.6) is 0 Å². The second-order valence-electron chi connectivity index (χ2n) is 2.87. The predicted molar refractivity (Wildman–Crippen MR) is 51.1 cm³/mol. The van der Waals surface area contributed by atoms with Crippen LogP contribution in [0.4, 0.5) is 0 Å². The maximum absolute atomic E-state index is 10.8. The smallest absolute Gasteiger partial charge is 0.244 e. The fourth-order valence-electron chi connectivity index (χ4n) is 0.999. The predicted octanol–water partition coefficient (Wildman–Crippen LogP) is -1.96. The Labute approximate surface area is 82.1 Å². The molecule has 0 aromatic heterocycles. The molecule has 0 aromatic rings. The molecule has 0 unspecified atom stereocenters. The van der Waals surface area contributed by atoms with E-state index in [-0.39, 0.29) is 6.61 Å². The van der Waals surface area contributed by atoms with Crippen molar-refractivity contribution in [2.75, 3.05) is 20.2 Å². The molecule has 0 aromatic carbocycles. The molecule has 1 rings (SSSR count). The number of nitrogens with one attached hydrogen (secondary N) is 1. The Bertz CT molecular complexity index is 275. The second-order valence-corrected chi connectivity index (χ2v) is 2.87. The summed E-state index contributed by atoms with van der Waals surface area (Å²) in [7, 11) is 1.75. The van der Waals surface area contributed by atoms with Gasteiger partial charge >= 0.3 is 0 Å². The van der Waals surface area contributed by atoms with Gasteiger partial charge in [0.05, 0.1) is 6.61 Å². The maximum Gasteiger partial charge on any atom is 0.244 e. The molecule has 6 nitrogen and oxygen atoms in total. The lowest BCUT2D eigenvalue weighted by molar-refractivity contribution is -0.118. The van der Waals surface area contributed by atoms with Gasteiger partial charge in [0, 0.05) is 25.9 Å². The van der Waals surface area contributed by atoms with E-state index in [0.29, 0.717) is 12.5 Å². The highest BCUT2D eigenvalue weighted by Gasteiger charge is 2.18. The lowest BCUT2D eigenvalue weighted by Gasteiger charge is -2.25.